The molecule has 1 amide bonds. The summed E-state index contributed by atoms with van der Waals surface area (Å²) in [5.41, 5.74) is 0. The van der Waals surface area contributed by atoms with Crippen molar-refractivity contribution >= 4 is 5.91 Å². The molecule has 0 aromatic heterocycles. The summed E-state index contributed by atoms with van der Waals surface area (Å²) >= 11 is 0. The van der Waals surface area contributed by atoms with Gasteiger partial charge in [0.05, 0.1) is 18.7 Å². The topological polar surface area (TPSA) is 64.6 Å². The minimum atomic E-state index is -0.115. The van der Waals surface area contributed by atoms with Crippen LogP contribution < -0.4 is 10.6 Å². The summed E-state index contributed by atoms with van der Waals surface area (Å²) < 4.78 is 0. The smallest absolute Gasteiger partial charge is 0.241 e. The van der Waals surface area contributed by atoms with E-state index in [1.807, 2.05) is 4.90 Å². The highest BCUT2D eigenvalue weighted by Crippen LogP contribution is 2.17. The van der Waals surface area contributed by atoms with Gasteiger partial charge in [0, 0.05) is 26.2 Å². The first-order valence-corrected chi connectivity index (χ1v) is 6.68. The lowest BCUT2D eigenvalue weighted by Gasteiger charge is -2.34. The van der Waals surface area contributed by atoms with Crippen molar-refractivity contribution in [2.24, 2.45) is 0 Å². The molecule has 2 saturated heterocycles. The summed E-state index contributed by atoms with van der Waals surface area (Å²) in [5, 5.41) is 15.9. The van der Waals surface area contributed by atoms with Crippen LogP contribution in [0.3, 0.4) is 0 Å². The number of aliphatic hydroxyl groups excluding tert-OH is 1. The fourth-order valence-electron chi connectivity index (χ4n) is 2.69. The van der Waals surface area contributed by atoms with Crippen molar-refractivity contribution in [2.45, 2.75) is 37.8 Å². The van der Waals surface area contributed by atoms with E-state index in [0.29, 0.717) is 6.54 Å². The molecule has 2 atom stereocenters. The Kier molecular flexibility index (Phi) is 4.76. The summed E-state index contributed by atoms with van der Waals surface area (Å²) in [7, 11) is 0. The van der Waals surface area contributed by atoms with E-state index in [1.54, 1.807) is 0 Å². The van der Waals surface area contributed by atoms with Crippen LogP contribution in [0.25, 0.3) is 0 Å². The van der Waals surface area contributed by atoms with Crippen molar-refractivity contribution in [3.8, 4) is 0 Å². The lowest BCUT2D eigenvalue weighted by molar-refractivity contribution is -0.136. The second kappa shape index (κ2) is 6.33. The molecule has 2 rings (SSSR count). The molecule has 98 valence electrons. The van der Waals surface area contributed by atoms with Crippen molar-refractivity contribution in [3.05, 3.63) is 0 Å². The van der Waals surface area contributed by atoms with Crippen molar-refractivity contribution < 1.29 is 9.90 Å². The van der Waals surface area contributed by atoms with Crippen molar-refractivity contribution in [2.75, 3.05) is 32.8 Å². The van der Waals surface area contributed by atoms with Crippen LogP contribution in [0.15, 0.2) is 0 Å². The Labute approximate surface area is 103 Å². The molecule has 0 radical (unpaired) electrons. The lowest BCUT2D eigenvalue weighted by atomic mass is 10.1. The summed E-state index contributed by atoms with van der Waals surface area (Å²) in [5.74, 6) is 0.151. The Bertz CT molecular complexity index is 254. The maximum Gasteiger partial charge on any atom is 0.241 e. The molecule has 5 nitrogen and oxygen atoms in total. The van der Waals surface area contributed by atoms with Crippen LogP contribution >= 0.6 is 0 Å². The van der Waals surface area contributed by atoms with Gasteiger partial charge in [-0.25, -0.2) is 0 Å². The SMILES string of the molecule is O=C(C1CNCCN1)N1CCCCCC1CO. The van der Waals surface area contributed by atoms with Gasteiger partial charge in [0.2, 0.25) is 5.91 Å². The normalized spacial score (nSPS) is 31.0. The van der Waals surface area contributed by atoms with Crippen molar-refractivity contribution in [1.29, 1.82) is 0 Å². The third-order valence-electron chi connectivity index (χ3n) is 3.71. The van der Waals surface area contributed by atoms with Gasteiger partial charge in [-0.15, -0.1) is 0 Å². The zero-order valence-corrected chi connectivity index (χ0v) is 10.3. The first-order chi connectivity index (χ1) is 8.33. The minimum absolute atomic E-state index is 0.0220. The van der Waals surface area contributed by atoms with Gasteiger partial charge in [-0.2, -0.15) is 0 Å². The van der Waals surface area contributed by atoms with E-state index in [0.717, 1.165) is 45.3 Å². The number of carbonyl (C=O) groups excluding carboxylic acids is 1. The standard InChI is InChI=1S/C12H23N3O2/c16-9-10-4-2-1-3-7-15(10)12(17)11-8-13-5-6-14-11/h10-11,13-14,16H,1-9H2. The number of hydrogen-bond acceptors (Lipinski definition) is 4. The molecule has 2 unspecified atom stereocenters. The lowest BCUT2D eigenvalue weighted by Crippen LogP contribution is -2.58. The largest absolute Gasteiger partial charge is 0.394 e. The second-order valence-corrected chi connectivity index (χ2v) is 4.93. The van der Waals surface area contributed by atoms with E-state index in [-0.39, 0.29) is 24.6 Å². The van der Waals surface area contributed by atoms with Gasteiger partial charge in [-0.3, -0.25) is 4.79 Å². The van der Waals surface area contributed by atoms with Gasteiger partial charge in [0.25, 0.3) is 0 Å². The third kappa shape index (κ3) is 3.18. The Morgan fingerprint density at radius 2 is 2.18 bits per heavy atom. The fourth-order valence-corrected chi connectivity index (χ4v) is 2.69. The zero-order valence-electron chi connectivity index (χ0n) is 10.3. The molecule has 0 aliphatic carbocycles. The molecule has 2 fully saturated rings. The molecule has 0 aromatic rings. The molecule has 3 N–H and O–H groups in total. The number of amides is 1. The molecule has 2 aliphatic heterocycles. The minimum Gasteiger partial charge on any atom is -0.394 e. The molecule has 0 saturated carbocycles. The van der Waals surface area contributed by atoms with Crippen LogP contribution in [-0.2, 0) is 4.79 Å². The maximum atomic E-state index is 12.4. The van der Waals surface area contributed by atoms with Crippen molar-refractivity contribution in [3.63, 3.8) is 0 Å². The highest BCUT2D eigenvalue weighted by Gasteiger charge is 2.30. The van der Waals surface area contributed by atoms with Crippen LogP contribution in [0, 0.1) is 0 Å². The predicted octanol–water partition coefficient (Wildman–Crippen LogP) is -0.689. The number of likely N-dealkylation sites (tertiary alicyclic amines) is 1. The number of nitrogens with zero attached hydrogens (tertiary/aromatic N) is 1. The van der Waals surface area contributed by atoms with Crippen LogP contribution in [0.4, 0.5) is 0 Å². The fraction of sp³-hybridized carbons (Fsp3) is 0.917. The van der Waals surface area contributed by atoms with Gasteiger partial charge < -0.3 is 20.6 Å². The Balaban J connectivity index is 1.98. The summed E-state index contributed by atoms with van der Waals surface area (Å²) in [6.45, 7) is 3.35. The number of aliphatic hydroxyl groups is 1. The summed E-state index contributed by atoms with van der Waals surface area (Å²) in [6, 6.07) is -0.0929. The molecule has 2 aliphatic rings. The monoisotopic (exact) mass is 241 g/mol. The molecule has 0 aromatic carbocycles. The third-order valence-corrected chi connectivity index (χ3v) is 3.71. The van der Waals surface area contributed by atoms with E-state index in [2.05, 4.69) is 10.6 Å². The zero-order chi connectivity index (χ0) is 12.1. The number of rotatable bonds is 2. The first-order valence-electron chi connectivity index (χ1n) is 6.68. The molecular formula is C12H23N3O2. The van der Waals surface area contributed by atoms with E-state index >= 15 is 0 Å². The summed E-state index contributed by atoms with van der Waals surface area (Å²) in [6.07, 6.45) is 4.27. The number of piperazine rings is 1. The van der Waals surface area contributed by atoms with Crippen LogP contribution in [0.1, 0.15) is 25.7 Å². The van der Waals surface area contributed by atoms with Gasteiger partial charge in [-0.05, 0) is 12.8 Å². The predicted molar refractivity (Wildman–Crippen MR) is 65.7 cm³/mol. The quantitative estimate of drug-likeness (QED) is 0.599. The average Bonchev–Trinajstić information content (AvgIpc) is 2.64. The number of hydrogen-bond donors (Lipinski definition) is 3. The van der Waals surface area contributed by atoms with E-state index < -0.39 is 0 Å². The van der Waals surface area contributed by atoms with E-state index in [9.17, 15) is 9.90 Å². The average molecular weight is 241 g/mol. The highest BCUT2D eigenvalue weighted by atomic mass is 16.3. The van der Waals surface area contributed by atoms with Gasteiger partial charge in [0.1, 0.15) is 0 Å². The van der Waals surface area contributed by atoms with Crippen LogP contribution in [0.2, 0.25) is 0 Å². The molecular weight excluding hydrogens is 218 g/mol. The maximum absolute atomic E-state index is 12.4. The first kappa shape index (κ1) is 12.8. The van der Waals surface area contributed by atoms with Crippen LogP contribution in [-0.4, -0.2) is 60.8 Å². The highest BCUT2D eigenvalue weighted by molar-refractivity contribution is 5.82. The molecule has 17 heavy (non-hydrogen) atoms. The van der Waals surface area contributed by atoms with E-state index in [1.165, 1.54) is 0 Å². The van der Waals surface area contributed by atoms with Gasteiger partial charge in [-0.1, -0.05) is 12.8 Å². The van der Waals surface area contributed by atoms with Crippen LogP contribution in [0.5, 0.6) is 0 Å². The Morgan fingerprint density at radius 3 is 2.88 bits per heavy atom. The Hall–Kier alpha value is -0.650. The van der Waals surface area contributed by atoms with Gasteiger partial charge >= 0.3 is 0 Å². The van der Waals surface area contributed by atoms with Crippen molar-refractivity contribution in [1.82, 2.24) is 15.5 Å². The number of nitrogens with one attached hydrogen (secondary N) is 2. The molecule has 0 spiro atoms. The molecule has 0 bridgehead atoms. The summed E-state index contributed by atoms with van der Waals surface area (Å²) in [4.78, 5) is 14.3. The molecule has 5 heteroatoms. The van der Waals surface area contributed by atoms with E-state index in [4.69, 9.17) is 0 Å². The van der Waals surface area contributed by atoms with Gasteiger partial charge in [0.15, 0.2) is 0 Å². The second-order valence-electron chi connectivity index (χ2n) is 4.93. The number of carbonyl (C=O) groups is 1. The molecule has 2 heterocycles. The Morgan fingerprint density at radius 1 is 1.29 bits per heavy atom.